The van der Waals surface area contributed by atoms with Gasteiger partial charge in [-0.25, -0.2) is 22.9 Å². The van der Waals surface area contributed by atoms with Gasteiger partial charge < -0.3 is 14.5 Å². The van der Waals surface area contributed by atoms with Crippen molar-refractivity contribution in [3.8, 4) is 17.0 Å². The lowest BCUT2D eigenvalue weighted by Gasteiger charge is -2.26. The van der Waals surface area contributed by atoms with E-state index in [9.17, 15) is 18.0 Å². The molecule has 0 saturated heterocycles. The molecule has 3 aromatic carbocycles. The van der Waals surface area contributed by atoms with Crippen LogP contribution in [0.25, 0.3) is 11.3 Å². The van der Waals surface area contributed by atoms with E-state index in [1.54, 1.807) is 39.0 Å². The van der Waals surface area contributed by atoms with Crippen molar-refractivity contribution in [2.45, 2.75) is 56.5 Å². The number of aromatic nitrogens is 2. The van der Waals surface area contributed by atoms with Crippen LogP contribution in [0, 0.1) is 17.5 Å². The van der Waals surface area contributed by atoms with Crippen molar-refractivity contribution >= 4 is 35.1 Å². The lowest BCUT2D eigenvalue weighted by Crippen LogP contribution is -2.27. The summed E-state index contributed by atoms with van der Waals surface area (Å²) in [6.07, 6.45) is -0.819. The molecule has 0 saturated carbocycles. The maximum atomic E-state index is 15.0. The van der Waals surface area contributed by atoms with Gasteiger partial charge in [-0.1, -0.05) is 43.3 Å². The predicted molar refractivity (Wildman–Crippen MR) is 160 cm³/mol. The summed E-state index contributed by atoms with van der Waals surface area (Å²) in [6, 6.07) is 13.5. The molecular formula is C31H31ClF3N3O3S. The lowest BCUT2D eigenvalue weighted by molar-refractivity contribution is 0.0636. The lowest BCUT2D eigenvalue weighted by atomic mass is 9.79. The van der Waals surface area contributed by atoms with Gasteiger partial charge in [0.25, 0.3) is 0 Å². The van der Waals surface area contributed by atoms with Crippen molar-refractivity contribution in [1.82, 2.24) is 9.97 Å². The van der Waals surface area contributed by atoms with Crippen LogP contribution >= 0.6 is 23.4 Å². The normalized spacial score (nSPS) is 11.9. The van der Waals surface area contributed by atoms with Crippen LogP contribution in [-0.2, 0) is 15.9 Å². The Labute approximate surface area is 252 Å². The molecule has 11 heteroatoms. The largest absolute Gasteiger partial charge is 0.495 e. The summed E-state index contributed by atoms with van der Waals surface area (Å²) in [7, 11) is 1.53. The number of nitrogens with one attached hydrogen (secondary N) is 2. The monoisotopic (exact) mass is 617 g/mol. The van der Waals surface area contributed by atoms with Gasteiger partial charge in [-0.2, -0.15) is 0 Å². The molecule has 0 radical (unpaired) electrons. The second-order valence-electron chi connectivity index (χ2n) is 11.1. The Balaban J connectivity index is 1.64. The molecule has 0 spiro atoms. The van der Waals surface area contributed by atoms with Crippen LogP contribution in [0.1, 0.15) is 51.4 Å². The average Bonchev–Trinajstić information content (AvgIpc) is 3.33. The Morgan fingerprint density at radius 2 is 1.64 bits per heavy atom. The average molecular weight is 618 g/mol. The molecular weight excluding hydrogens is 587 g/mol. The second kappa shape index (κ2) is 12.3. The molecule has 4 aromatic rings. The molecule has 4 rings (SSSR count). The maximum Gasteiger partial charge on any atom is 0.412 e. The topological polar surface area (TPSA) is 76.2 Å². The summed E-state index contributed by atoms with van der Waals surface area (Å²) in [5, 5.41) is 3.22. The number of halogens is 4. The Morgan fingerprint density at radius 3 is 2.24 bits per heavy atom. The predicted octanol–water partition coefficient (Wildman–Crippen LogP) is 9.12. The van der Waals surface area contributed by atoms with E-state index in [-0.39, 0.29) is 22.8 Å². The van der Waals surface area contributed by atoms with Crippen LogP contribution in [0.3, 0.4) is 0 Å². The number of carbonyl (C=O) groups is 1. The minimum absolute atomic E-state index is 0.0629. The highest BCUT2D eigenvalue weighted by atomic mass is 35.5. The van der Waals surface area contributed by atoms with Crippen LogP contribution in [0.2, 0.25) is 5.02 Å². The van der Waals surface area contributed by atoms with Crippen LogP contribution < -0.4 is 10.1 Å². The first-order valence-electron chi connectivity index (χ1n) is 13.0. The van der Waals surface area contributed by atoms with Gasteiger partial charge in [-0.3, -0.25) is 5.32 Å². The number of imidazole rings is 1. The molecule has 0 bridgehead atoms. The number of ether oxygens (including phenoxy) is 2. The van der Waals surface area contributed by atoms with Gasteiger partial charge in [0.15, 0.2) is 5.16 Å². The number of thioether (sulfide) groups is 1. The molecule has 1 heterocycles. The van der Waals surface area contributed by atoms with Gasteiger partial charge >= 0.3 is 6.09 Å². The molecule has 0 unspecified atom stereocenters. The Bertz CT molecular complexity index is 1580. The standard InChI is InChI=1S/C31H31ClF3N3O3S/c1-30(2,3)41-29(39)36-20-14-23(34)21(24(35)15-20)16-42-28-37-26(17-7-10-19(33)11-8-17)27(38-28)31(4,5)18-9-12-22(32)25(13-18)40-6/h7-15H,16H2,1-6H3,(H,36,39)(H,37,38). The molecule has 6 nitrogen and oxygen atoms in total. The summed E-state index contributed by atoms with van der Waals surface area (Å²) in [6.45, 7) is 9.02. The van der Waals surface area contributed by atoms with Gasteiger partial charge in [-0.15, -0.1) is 0 Å². The zero-order valence-corrected chi connectivity index (χ0v) is 25.6. The first-order valence-corrected chi connectivity index (χ1v) is 14.4. The van der Waals surface area contributed by atoms with Gasteiger partial charge in [0, 0.05) is 28.0 Å². The van der Waals surface area contributed by atoms with Crippen molar-refractivity contribution in [2.75, 3.05) is 12.4 Å². The number of hydrogen-bond acceptors (Lipinski definition) is 5. The zero-order valence-electron chi connectivity index (χ0n) is 24.0. The number of H-pyrrole nitrogens is 1. The highest BCUT2D eigenvalue weighted by Crippen LogP contribution is 2.41. The number of methoxy groups -OCH3 is 1. The Morgan fingerprint density at radius 1 is 1.00 bits per heavy atom. The zero-order chi connectivity index (χ0) is 30.8. The first-order chi connectivity index (χ1) is 19.7. The molecule has 0 atom stereocenters. The fourth-order valence-electron chi connectivity index (χ4n) is 4.26. The van der Waals surface area contributed by atoms with E-state index in [0.717, 1.165) is 29.5 Å². The second-order valence-corrected chi connectivity index (χ2v) is 12.5. The van der Waals surface area contributed by atoms with E-state index in [1.165, 1.54) is 19.2 Å². The smallest absolute Gasteiger partial charge is 0.412 e. The number of benzene rings is 3. The maximum absolute atomic E-state index is 15.0. The van der Waals surface area contributed by atoms with E-state index in [2.05, 4.69) is 10.3 Å². The van der Waals surface area contributed by atoms with Gasteiger partial charge in [0.05, 0.1) is 23.5 Å². The van der Waals surface area contributed by atoms with E-state index in [4.69, 9.17) is 26.1 Å². The molecule has 0 aliphatic carbocycles. The molecule has 2 N–H and O–H groups in total. The Kier molecular flexibility index (Phi) is 9.18. The van der Waals surface area contributed by atoms with Crippen molar-refractivity contribution in [1.29, 1.82) is 0 Å². The third kappa shape index (κ3) is 7.22. The molecule has 0 aliphatic rings. The van der Waals surface area contributed by atoms with E-state index >= 15 is 0 Å². The molecule has 1 amide bonds. The molecule has 1 aromatic heterocycles. The quantitative estimate of drug-likeness (QED) is 0.193. The number of anilines is 1. The van der Waals surface area contributed by atoms with Gasteiger partial charge in [0.1, 0.15) is 28.8 Å². The number of amides is 1. The van der Waals surface area contributed by atoms with E-state index < -0.39 is 28.7 Å². The van der Waals surface area contributed by atoms with Crippen LogP contribution in [0.15, 0.2) is 59.8 Å². The van der Waals surface area contributed by atoms with Gasteiger partial charge in [0.2, 0.25) is 0 Å². The van der Waals surface area contributed by atoms with Crippen molar-refractivity contribution in [3.05, 3.63) is 93.9 Å². The summed E-state index contributed by atoms with van der Waals surface area (Å²) in [4.78, 5) is 20.1. The summed E-state index contributed by atoms with van der Waals surface area (Å²) in [5.41, 5.74) is 1.15. The third-order valence-electron chi connectivity index (χ3n) is 6.44. The fraction of sp³-hybridized carbons (Fsp3) is 0.290. The number of carbonyl (C=O) groups excluding carboxylic acids is 1. The Hall–Kier alpha value is -3.63. The first kappa shape index (κ1) is 31.3. The van der Waals surface area contributed by atoms with E-state index in [1.807, 2.05) is 26.0 Å². The van der Waals surface area contributed by atoms with Crippen LogP contribution in [0.5, 0.6) is 5.75 Å². The van der Waals surface area contributed by atoms with Crippen LogP contribution in [0.4, 0.5) is 23.7 Å². The SMILES string of the molecule is COc1cc(C(C)(C)c2[nH]c(SCc3c(F)cc(NC(=O)OC(C)(C)C)cc3F)nc2-c2ccc(F)cc2)ccc1Cl. The highest BCUT2D eigenvalue weighted by molar-refractivity contribution is 7.98. The third-order valence-corrected chi connectivity index (χ3v) is 7.65. The molecule has 0 fully saturated rings. The van der Waals surface area contributed by atoms with Crippen molar-refractivity contribution in [3.63, 3.8) is 0 Å². The number of rotatable bonds is 8. The molecule has 0 aliphatic heterocycles. The minimum atomic E-state index is -0.826. The van der Waals surface area contributed by atoms with Gasteiger partial charge in [-0.05, 0) is 74.9 Å². The summed E-state index contributed by atoms with van der Waals surface area (Å²) >= 11 is 7.36. The van der Waals surface area contributed by atoms with Crippen LogP contribution in [-0.4, -0.2) is 28.8 Å². The summed E-state index contributed by atoms with van der Waals surface area (Å²) in [5.74, 6) is -1.62. The van der Waals surface area contributed by atoms with E-state index in [0.29, 0.717) is 32.9 Å². The highest BCUT2D eigenvalue weighted by Gasteiger charge is 2.31. The molecule has 42 heavy (non-hydrogen) atoms. The fourth-order valence-corrected chi connectivity index (χ4v) is 5.34. The summed E-state index contributed by atoms with van der Waals surface area (Å²) < 4.78 is 54.2. The van der Waals surface area contributed by atoms with Crippen molar-refractivity contribution in [2.24, 2.45) is 0 Å². The molecule has 222 valence electrons. The number of hydrogen-bond donors (Lipinski definition) is 2. The minimum Gasteiger partial charge on any atom is -0.495 e. The number of aromatic amines is 1. The number of nitrogens with zero attached hydrogens (tertiary/aromatic N) is 1. The van der Waals surface area contributed by atoms with Crippen molar-refractivity contribution < 1.29 is 27.4 Å².